The summed E-state index contributed by atoms with van der Waals surface area (Å²) in [7, 11) is 0. The molecule has 166 valence electrons. The summed E-state index contributed by atoms with van der Waals surface area (Å²) < 4.78 is 0.919. The molecular weight excluding hydrogens is 480 g/mol. The lowest BCUT2D eigenvalue weighted by molar-refractivity contribution is 0.131. The summed E-state index contributed by atoms with van der Waals surface area (Å²) in [6.45, 7) is 2.67. The first-order valence-corrected chi connectivity index (χ1v) is 11.7. The zero-order chi connectivity index (χ0) is 22.8. The maximum Gasteiger partial charge on any atom is 0.199 e. The summed E-state index contributed by atoms with van der Waals surface area (Å²) >= 11 is 3.52. The van der Waals surface area contributed by atoms with Gasteiger partial charge in [-0.2, -0.15) is 0 Å². The Kier molecular flexibility index (Phi) is 5.96. The number of nitrogens with one attached hydrogen (secondary N) is 1. The van der Waals surface area contributed by atoms with Crippen LogP contribution in [-0.4, -0.2) is 33.1 Å². The Morgan fingerprint density at radius 1 is 1.12 bits per heavy atom. The number of para-hydroxylation sites is 1. The van der Waals surface area contributed by atoms with Crippen LogP contribution in [0, 0.1) is 5.92 Å². The maximum atomic E-state index is 10.7. The van der Waals surface area contributed by atoms with Crippen molar-refractivity contribution < 1.29 is 9.94 Å². The van der Waals surface area contributed by atoms with E-state index in [1.807, 2.05) is 66.9 Å². The molecule has 2 aromatic heterocycles. The average molecular weight is 503 g/mol. The first-order chi connectivity index (χ1) is 16.1. The van der Waals surface area contributed by atoms with E-state index < -0.39 is 0 Å². The highest BCUT2D eigenvalue weighted by molar-refractivity contribution is 9.10. The second-order valence-electron chi connectivity index (χ2n) is 8.21. The van der Waals surface area contributed by atoms with Gasteiger partial charge in [0, 0.05) is 32.8 Å². The zero-order valence-corrected chi connectivity index (χ0v) is 19.7. The van der Waals surface area contributed by atoms with Gasteiger partial charge in [0.15, 0.2) is 5.88 Å². The predicted molar refractivity (Wildman–Crippen MR) is 135 cm³/mol. The highest BCUT2D eigenvalue weighted by atomic mass is 79.9. The van der Waals surface area contributed by atoms with Crippen molar-refractivity contribution >= 4 is 43.9 Å². The van der Waals surface area contributed by atoms with E-state index in [-0.39, 0.29) is 5.88 Å². The van der Waals surface area contributed by atoms with Crippen molar-refractivity contribution in [3.05, 3.63) is 88.2 Å². The number of hydrogen-bond donors (Lipinski definition) is 2. The molecule has 33 heavy (non-hydrogen) atoms. The van der Waals surface area contributed by atoms with E-state index in [2.05, 4.69) is 38.0 Å². The van der Waals surface area contributed by atoms with Crippen LogP contribution in [0.1, 0.15) is 30.2 Å². The molecule has 0 saturated heterocycles. The summed E-state index contributed by atoms with van der Waals surface area (Å²) in [6.07, 6.45) is 3.57. The number of rotatable bonds is 7. The van der Waals surface area contributed by atoms with Crippen LogP contribution >= 0.6 is 15.9 Å². The molecular formula is C26H23BrN4O2. The van der Waals surface area contributed by atoms with Crippen LogP contribution in [0.3, 0.4) is 0 Å². The van der Waals surface area contributed by atoms with Gasteiger partial charge in [-0.1, -0.05) is 52.3 Å². The summed E-state index contributed by atoms with van der Waals surface area (Å²) in [4.78, 5) is 18.0. The number of aromatic amines is 1. The van der Waals surface area contributed by atoms with Gasteiger partial charge in [-0.15, -0.1) is 0 Å². The number of aromatic nitrogens is 2. The molecule has 0 bridgehead atoms. The second-order valence-corrected chi connectivity index (χ2v) is 9.12. The molecule has 2 aromatic carbocycles. The number of benzene rings is 2. The summed E-state index contributed by atoms with van der Waals surface area (Å²) in [5.74, 6) is 0.477. The number of nitrogens with zero attached hydrogens (tertiary/aromatic N) is 3. The monoisotopic (exact) mass is 502 g/mol. The van der Waals surface area contributed by atoms with Crippen molar-refractivity contribution in [1.29, 1.82) is 0 Å². The Morgan fingerprint density at radius 3 is 2.82 bits per heavy atom. The normalized spacial score (nSPS) is 15.0. The van der Waals surface area contributed by atoms with Gasteiger partial charge in [0.2, 0.25) is 0 Å². The first-order valence-electron chi connectivity index (χ1n) is 10.9. The van der Waals surface area contributed by atoms with Gasteiger partial charge in [-0.3, -0.25) is 4.98 Å². The summed E-state index contributed by atoms with van der Waals surface area (Å²) in [5, 5.41) is 16.1. The van der Waals surface area contributed by atoms with Crippen LogP contribution in [0.4, 0.5) is 5.69 Å². The lowest BCUT2D eigenvalue weighted by atomic mass is 10.0. The van der Waals surface area contributed by atoms with Gasteiger partial charge in [0.25, 0.3) is 0 Å². The van der Waals surface area contributed by atoms with Gasteiger partial charge in [0.05, 0.1) is 11.3 Å². The summed E-state index contributed by atoms with van der Waals surface area (Å²) in [5.41, 5.74) is 5.44. The maximum absolute atomic E-state index is 10.7. The fourth-order valence-electron chi connectivity index (χ4n) is 4.07. The predicted octanol–water partition coefficient (Wildman–Crippen LogP) is 6.16. The molecule has 5 rings (SSSR count). The van der Waals surface area contributed by atoms with Crippen molar-refractivity contribution in [2.24, 2.45) is 16.1 Å². The Balaban J connectivity index is 1.39. The van der Waals surface area contributed by atoms with Crippen molar-refractivity contribution in [2.75, 3.05) is 6.61 Å². The number of fused-ring (bicyclic) bond motifs is 2. The third-order valence-corrected chi connectivity index (χ3v) is 6.23. The average Bonchev–Trinajstić information content (AvgIpc) is 3.33. The number of pyridine rings is 1. The van der Waals surface area contributed by atoms with Gasteiger partial charge >= 0.3 is 0 Å². The first kappa shape index (κ1) is 21.4. The lowest BCUT2D eigenvalue weighted by Crippen LogP contribution is -2.14. The van der Waals surface area contributed by atoms with E-state index in [1.54, 1.807) is 0 Å². The highest BCUT2D eigenvalue weighted by Crippen LogP contribution is 2.36. The topological polar surface area (TPSA) is 82.9 Å². The fourth-order valence-corrected chi connectivity index (χ4v) is 4.43. The molecule has 1 aliphatic heterocycles. The van der Waals surface area contributed by atoms with Crippen molar-refractivity contribution in [1.82, 2.24) is 9.97 Å². The van der Waals surface area contributed by atoms with E-state index >= 15 is 0 Å². The smallest absolute Gasteiger partial charge is 0.199 e. The van der Waals surface area contributed by atoms with Crippen LogP contribution in [0.25, 0.3) is 10.9 Å². The van der Waals surface area contributed by atoms with E-state index in [9.17, 15) is 5.11 Å². The van der Waals surface area contributed by atoms with Gasteiger partial charge in [-0.05, 0) is 55.2 Å². The fraction of sp³-hybridized carbons (Fsp3) is 0.192. The highest BCUT2D eigenvalue weighted by Gasteiger charge is 2.29. The minimum absolute atomic E-state index is 0.0614. The molecule has 4 aromatic rings. The molecule has 1 atom stereocenters. The van der Waals surface area contributed by atoms with E-state index in [1.165, 1.54) is 0 Å². The number of aromatic hydroxyl groups is 1. The molecule has 0 radical (unpaired) electrons. The lowest BCUT2D eigenvalue weighted by Gasteiger charge is -2.10. The number of aliphatic imine (C=N–C) groups is 1. The number of H-pyrrole nitrogens is 1. The second kappa shape index (κ2) is 9.19. The van der Waals surface area contributed by atoms with Crippen LogP contribution in [0.15, 0.2) is 81.5 Å². The Bertz CT molecular complexity index is 1360. The molecule has 0 aliphatic carbocycles. The van der Waals surface area contributed by atoms with Crippen molar-refractivity contribution in [2.45, 2.75) is 19.8 Å². The molecule has 7 heteroatoms. The van der Waals surface area contributed by atoms with Crippen LogP contribution in [0.2, 0.25) is 0 Å². The number of hydrogen-bond acceptors (Lipinski definition) is 5. The van der Waals surface area contributed by atoms with Crippen molar-refractivity contribution in [3.63, 3.8) is 0 Å². The molecule has 0 amide bonds. The SMILES string of the molecule is CC(CCON=C1C(c2c(O)[nH]c3ccc(Br)cc23)=Nc2ccccc21)Cc1ccccn1. The minimum Gasteiger partial charge on any atom is -0.494 e. The van der Waals surface area contributed by atoms with Gasteiger partial charge in [0.1, 0.15) is 18.0 Å². The zero-order valence-electron chi connectivity index (χ0n) is 18.1. The summed E-state index contributed by atoms with van der Waals surface area (Å²) in [6, 6.07) is 19.6. The molecule has 1 unspecified atom stereocenters. The Hall–Kier alpha value is -3.45. The molecule has 0 fully saturated rings. The Morgan fingerprint density at radius 2 is 1.97 bits per heavy atom. The van der Waals surface area contributed by atoms with Crippen LogP contribution in [0.5, 0.6) is 5.88 Å². The third-order valence-electron chi connectivity index (χ3n) is 5.73. The van der Waals surface area contributed by atoms with Crippen LogP contribution < -0.4 is 0 Å². The van der Waals surface area contributed by atoms with Crippen molar-refractivity contribution in [3.8, 4) is 5.88 Å². The van der Waals surface area contributed by atoms with E-state index in [0.717, 1.165) is 45.2 Å². The van der Waals surface area contributed by atoms with Crippen LogP contribution in [-0.2, 0) is 11.3 Å². The number of halogens is 1. The molecule has 0 saturated carbocycles. The third kappa shape index (κ3) is 4.41. The van der Waals surface area contributed by atoms with E-state index in [4.69, 9.17) is 9.83 Å². The molecule has 0 spiro atoms. The standard InChI is InChI=1S/C26H23BrN4O2/c1-16(14-18-6-4-5-12-28-18)11-13-33-31-24-19-7-2-3-8-21(19)29-25(24)23-20-15-17(27)9-10-22(20)30-26(23)32/h2-10,12,15-16,30,32H,11,13-14H2,1H3. The van der Waals surface area contributed by atoms with E-state index in [0.29, 0.717) is 29.5 Å². The quantitative estimate of drug-likeness (QED) is 0.234. The molecule has 1 aliphatic rings. The largest absolute Gasteiger partial charge is 0.494 e. The minimum atomic E-state index is 0.0614. The molecule has 3 heterocycles. The van der Waals surface area contributed by atoms with Gasteiger partial charge in [-0.25, -0.2) is 4.99 Å². The Labute approximate surface area is 200 Å². The molecule has 2 N–H and O–H groups in total. The van der Waals surface area contributed by atoms with Gasteiger partial charge < -0.3 is 14.9 Å². The molecule has 6 nitrogen and oxygen atoms in total. The number of oxime groups is 1.